The first kappa shape index (κ1) is 39.1. The SMILES string of the molecule is COc1cc(NC(=O)OCCc2ccc(-c3ccccc3)c(N(C(=O)O)C3CCC(N)CC3)c2)c(Cl)cc1CNC[C@H](O)c1ccc(O)c2[nH]c(=O)ccc12. The zero-order valence-electron chi connectivity index (χ0n) is 30.3. The van der Waals surface area contributed by atoms with E-state index in [4.69, 9.17) is 26.8 Å². The lowest BCUT2D eigenvalue weighted by molar-refractivity contribution is 0.163. The average Bonchev–Trinajstić information content (AvgIpc) is 3.17. The summed E-state index contributed by atoms with van der Waals surface area (Å²) in [5.74, 6) is 0.338. The third kappa shape index (κ3) is 9.38. The molecule has 0 spiro atoms. The van der Waals surface area contributed by atoms with Crippen molar-refractivity contribution in [1.82, 2.24) is 10.3 Å². The number of amides is 2. The molecule has 1 atom stereocenters. The van der Waals surface area contributed by atoms with Gasteiger partial charge in [0.25, 0.3) is 0 Å². The first-order valence-corrected chi connectivity index (χ1v) is 18.4. The molecule has 6 rings (SSSR count). The molecular weight excluding hydrogens is 726 g/mol. The maximum absolute atomic E-state index is 12.9. The van der Waals surface area contributed by atoms with Crippen LogP contribution in [0.4, 0.5) is 21.0 Å². The van der Waals surface area contributed by atoms with Crippen LogP contribution < -0.4 is 31.6 Å². The number of aliphatic hydroxyl groups excluding tert-OH is 1. The number of nitrogens with two attached hydrogens (primary N) is 1. The molecule has 1 aliphatic carbocycles. The Labute approximate surface area is 322 Å². The molecule has 0 saturated heterocycles. The van der Waals surface area contributed by atoms with Gasteiger partial charge in [0.2, 0.25) is 5.56 Å². The number of carbonyl (C=O) groups is 2. The van der Waals surface area contributed by atoms with E-state index in [9.17, 15) is 29.7 Å². The third-order valence-corrected chi connectivity index (χ3v) is 10.2. The summed E-state index contributed by atoms with van der Waals surface area (Å²) in [6.45, 7) is 0.412. The van der Waals surface area contributed by atoms with Crippen molar-refractivity contribution in [1.29, 1.82) is 0 Å². The number of halogens is 1. The van der Waals surface area contributed by atoms with E-state index in [1.165, 1.54) is 24.1 Å². The number of hydrogen-bond donors (Lipinski definition) is 7. The van der Waals surface area contributed by atoms with E-state index in [1.807, 2.05) is 48.5 Å². The Kier molecular flexibility index (Phi) is 12.6. The molecule has 2 amide bonds. The fraction of sp³-hybridized carbons (Fsp3) is 0.293. The maximum Gasteiger partial charge on any atom is 0.412 e. The number of aromatic amines is 1. The minimum Gasteiger partial charge on any atom is -0.506 e. The third-order valence-electron chi connectivity index (χ3n) is 9.87. The highest BCUT2D eigenvalue weighted by molar-refractivity contribution is 6.33. The molecule has 8 N–H and O–H groups in total. The topological polar surface area (TPSA) is 199 Å². The molecule has 1 aliphatic rings. The van der Waals surface area contributed by atoms with Crippen molar-refractivity contribution < 1.29 is 34.4 Å². The van der Waals surface area contributed by atoms with Crippen LogP contribution in [0.25, 0.3) is 22.0 Å². The van der Waals surface area contributed by atoms with Crippen LogP contribution in [0.2, 0.25) is 5.02 Å². The number of phenols is 1. The Morgan fingerprint density at radius 3 is 2.51 bits per heavy atom. The molecule has 4 aromatic carbocycles. The number of nitrogens with one attached hydrogen (secondary N) is 3. The van der Waals surface area contributed by atoms with E-state index in [1.54, 1.807) is 24.3 Å². The van der Waals surface area contributed by atoms with E-state index in [0.29, 0.717) is 47.2 Å². The Morgan fingerprint density at radius 2 is 1.78 bits per heavy atom. The highest BCUT2D eigenvalue weighted by atomic mass is 35.5. The molecule has 0 radical (unpaired) electrons. The number of pyridine rings is 1. The van der Waals surface area contributed by atoms with Crippen LogP contribution in [0.15, 0.2) is 89.7 Å². The fourth-order valence-corrected chi connectivity index (χ4v) is 7.27. The lowest BCUT2D eigenvalue weighted by Crippen LogP contribution is -2.44. The van der Waals surface area contributed by atoms with Gasteiger partial charge in [0.1, 0.15) is 11.5 Å². The van der Waals surface area contributed by atoms with Crippen molar-refractivity contribution in [2.45, 2.75) is 56.8 Å². The van der Waals surface area contributed by atoms with Crippen molar-refractivity contribution in [3.05, 3.63) is 117 Å². The smallest absolute Gasteiger partial charge is 0.412 e. The Balaban J connectivity index is 1.08. The average molecular weight is 770 g/mol. The number of fused-ring (bicyclic) bond motifs is 1. The largest absolute Gasteiger partial charge is 0.506 e. The van der Waals surface area contributed by atoms with Gasteiger partial charge in [-0.15, -0.1) is 0 Å². The zero-order chi connectivity index (χ0) is 39.1. The van der Waals surface area contributed by atoms with Gasteiger partial charge in [-0.2, -0.15) is 0 Å². The van der Waals surface area contributed by atoms with Gasteiger partial charge in [0, 0.05) is 60.2 Å². The number of aromatic hydroxyl groups is 1. The molecule has 14 heteroatoms. The van der Waals surface area contributed by atoms with Gasteiger partial charge in [-0.05, 0) is 66.6 Å². The Morgan fingerprint density at radius 1 is 1.02 bits per heavy atom. The highest BCUT2D eigenvalue weighted by Crippen LogP contribution is 2.37. The minimum atomic E-state index is -1.03. The van der Waals surface area contributed by atoms with Crippen molar-refractivity contribution in [2.24, 2.45) is 5.73 Å². The second-order valence-electron chi connectivity index (χ2n) is 13.5. The van der Waals surface area contributed by atoms with Crippen LogP contribution in [0, 0.1) is 0 Å². The monoisotopic (exact) mass is 769 g/mol. The number of ether oxygens (including phenoxy) is 2. The molecule has 1 saturated carbocycles. The number of aliphatic hydroxyl groups is 1. The van der Waals surface area contributed by atoms with Gasteiger partial charge in [0.05, 0.1) is 41.7 Å². The van der Waals surface area contributed by atoms with E-state index in [0.717, 1.165) is 29.5 Å². The maximum atomic E-state index is 12.9. The lowest BCUT2D eigenvalue weighted by atomic mass is 9.89. The summed E-state index contributed by atoms with van der Waals surface area (Å²) in [6, 6.07) is 24.3. The second kappa shape index (κ2) is 17.7. The van der Waals surface area contributed by atoms with Crippen molar-refractivity contribution >= 4 is 46.1 Å². The number of carbonyl (C=O) groups excluding carboxylic acids is 1. The van der Waals surface area contributed by atoms with Crippen LogP contribution in [-0.4, -0.2) is 64.8 Å². The molecule has 0 unspecified atom stereocenters. The first-order chi connectivity index (χ1) is 26.5. The second-order valence-corrected chi connectivity index (χ2v) is 13.9. The molecule has 13 nitrogen and oxygen atoms in total. The number of anilines is 2. The van der Waals surface area contributed by atoms with E-state index >= 15 is 0 Å². The number of H-pyrrole nitrogens is 1. The Hall–Kier alpha value is -5.60. The predicted octanol–water partition coefficient (Wildman–Crippen LogP) is 6.93. The van der Waals surface area contributed by atoms with Crippen LogP contribution in [0.3, 0.4) is 0 Å². The van der Waals surface area contributed by atoms with Crippen molar-refractivity contribution in [2.75, 3.05) is 30.5 Å². The van der Waals surface area contributed by atoms with Gasteiger partial charge in [0.15, 0.2) is 0 Å². The molecule has 5 aromatic rings. The van der Waals surface area contributed by atoms with Crippen LogP contribution in [0.1, 0.15) is 48.5 Å². The van der Waals surface area contributed by atoms with Crippen molar-refractivity contribution in [3.8, 4) is 22.6 Å². The Bertz CT molecular complexity index is 2210. The van der Waals surface area contributed by atoms with Gasteiger partial charge >= 0.3 is 12.2 Å². The number of methoxy groups -OCH3 is 1. The number of rotatable bonds is 13. The summed E-state index contributed by atoms with van der Waals surface area (Å²) in [5.41, 5.74) is 10.5. The summed E-state index contributed by atoms with van der Waals surface area (Å²) >= 11 is 6.56. The fourth-order valence-electron chi connectivity index (χ4n) is 7.04. The number of aromatic nitrogens is 1. The number of nitrogens with zero attached hydrogens (tertiary/aromatic N) is 1. The molecule has 0 aliphatic heterocycles. The summed E-state index contributed by atoms with van der Waals surface area (Å²) in [7, 11) is 1.49. The van der Waals surface area contributed by atoms with Gasteiger partial charge in [-0.1, -0.05) is 60.1 Å². The van der Waals surface area contributed by atoms with Gasteiger partial charge < -0.3 is 40.8 Å². The van der Waals surface area contributed by atoms with Crippen LogP contribution in [-0.2, 0) is 17.7 Å². The molecule has 0 bridgehead atoms. The summed E-state index contributed by atoms with van der Waals surface area (Å²) in [4.78, 5) is 41.4. The van der Waals surface area contributed by atoms with E-state index in [2.05, 4.69) is 15.6 Å². The summed E-state index contributed by atoms with van der Waals surface area (Å²) in [5, 5.41) is 38.1. The summed E-state index contributed by atoms with van der Waals surface area (Å²) < 4.78 is 11.1. The quantitative estimate of drug-likeness (QED) is 0.0659. The minimum absolute atomic E-state index is 0.0206. The molecule has 1 fully saturated rings. The van der Waals surface area contributed by atoms with Crippen LogP contribution >= 0.6 is 11.6 Å². The molecule has 1 heterocycles. The number of benzene rings is 4. The number of hydrogen-bond acceptors (Lipinski definition) is 9. The van der Waals surface area contributed by atoms with E-state index < -0.39 is 18.3 Å². The molecule has 288 valence electrons. The predicted molar refractivity (Wildman–Crippen MR) is 212 cm³/mol. The highest BCUT2D eigenvalue weighted by Gasteiger charge is 2.31. The summed E-state index contributed by atoms with van der Waals surface area (Å²) in [6.07, 6.45) is 0.466. The zero-order valence-corrected chi connectivity index (χ0v) is 31.0. The van der Waals surface area contributed by atoms with Gasteiger partial charge in [-0.3, -0.25) is 15.0 Å². The van der Waals surface area contributed by atoms with Crippen molar-refractivity contribution in [3.63, 3.8) is 0 Å². The van der Waals surface area contributed by atoms with Gasteiger partial charge in [-0.25, -0.2) is 9.59 Å². The number of phenolic OH excluding ortho intramolecular Hbond substituents is 1. The molecular formula is C41H44ClN5O8. The standard InChI is InChI=1S/C41H44ClN5O8/c1-54-37-21-33(32(42)20-26(37)22-44-23-36(49)30-13-15-35(48)39-31(30)14-16-38(50)46-39)45-40(51)55-18-17-24-7-12-29(25-5-3-2-4-6-25)34(19-24)47(41(52)53)28-10-8-27(43)9-11-28/h2-7,12-16,19-21,27-28,36,44,48-49H,8-11,17-18,22-23,43H2,1H3,(H,45,51)(H,46,50)(H,52,53)/t27?,28?,36-/m0/s1. The lowest BCUT2D eigenvalue weighted by Gasteiger charge is -2.35. The van der Waals surface area contributed by atoms with E-state index in [-0.39, 0.29) is 59.3 Å². The normalized spacial score (nSPS) is 16.0. The number of carboxylic acid groups (broad SMARTS) is 1. The van der Waals surface area contributed by atoms with Crippen LogP contribution in [0.5, 0.6) is 11.5 Å². The molecule has 55 heavy (non-hydrogen) atoms. The first-order valence-electron chi connectivity index (χ1n) is 18.0. The molecule has 1 aromatic heterocycles.